The summed E-state index contributed by atoms with van der Waals surface area (Å²) >= 11 is 0. The fourth-order valence-electron chi connectivity index (χ4n) is 2.00. The van der Waals surface area contributed by atoms with E-state index in [4.69, 9.17) is 4.84 Å². The van der Waals surface area contributed by atoms with Crippen LogP contribution in [0.15, 0.2) is 33.9 Å². The van der Waals surface area contributed by atoms with Crippen LogP contribution in [-0.4, -0.2) is 16.4 Å². The fourth-order valence-corrected chi connectivity index (χ4v) is 2.00. The molecule has 0 N–H and O–H groups in total. The Hall–Kier alpha value is -2.04. The average molecular weight is 248 g/mol. The summed E-state index contributed by atoms with van der Waals surface area (Å²) in [5.74, 6) is 0. The van der Waals surface area contributed by atoms with Gasteiger partial charge in [0.05, 0.1) is 10.9 Å². The maximum atomic E-state index is 12.4. The van der Waals surface area contributed by atoms with Crippen molar-refractivity contribution in [3.8, 4) is 0 Å². The van der Waals surface area contributed by atoms with E-state index >= 15 is 0 Å². The Morgan fingerprint density at radius 3 is 2.28 bits per heavy atom. The summed E-state index contributed by atoms with van der Waals surface area (Å²) in [5, 5.41) is 0.467. The minimum atomic E-state index is -0.599. The summed E-state index contributed by atoms with van der Waals surface area (Å²) in [6, 6.07) is 6.91. The Balaban J connectivity index is 3.08. The van der Waals surface area contributed by atoms with Crippen LogP contribution in [0.4, 0.5) is 0 Å². The van der Waals surface area contributed by atoms with Gasteiger partial charge < -0.3 is 4.84 Å². The Morgan fingerprint density at radius 1 is 1.11 bits per heavy atom. The number of benzene rings is 1. The molecule has 0 bridgehead atoms. The number of nitrogens with zero attached hydrogens (tertiary/aromatic N) is 2. The van der Waals surface area contributed by atoms with Crippen LogP contribution in [0, 0.1) is 0 Å². The minimum absolute atomic E-state index is 0.295. The molecule has 0 spiro atoms. The van der Waals surface area contributed by atoms with E-state index in [0.29, 0.717) is 10.9 Å². The molecule has 0 aliphatic rings. The van der Waals surface area contributed by atoms with Gasteiger partial charge >= 0.3 is 5.69 Å². The third-order valence-corrected chi connectivity index (χ3v) is 2.77. The lowest BCUT2D eigenvalue weighted by atomic mass is 10.1. The highest BCUT2D eigenvalue weighted by Crippen LogP contribution is 2.11. The Kier molecular flexibility index (Phi) is 2.77. The summed E-state index contributed by atoms with van der Waals surface area (Å²) in [4.78, 5) is 29.7. The van der Waals surface area contributed by atoms with E-state index < -0.39 is 11.2 Å². The van der Waals surface area contributed by atoms with Gasteiger partial charge in [0.1, 0.15) is 7.11 Å². The molecule has 0 atom stereocenters. The normalized spacial score (nSPS) is 11.8. The second-order valence-corrected chi connectivity index (χ2v) is 5.09. The zero-order chi connectivity index (χ0) is 13.5. The topological polar surface area (TPSA) is 53.2 Å². The molecule has 96 valence electrons. The van der Waals surface area contributed by atoms with E-state index in [0.717, 1.165) is 4.73 Å². The third-order valence-electron chi connectivity index (χ3n) is 2.77. The molecule has 0 amide bonds. The molecule has 0 saturated heterocycles. The average Bonchev–Trinajstić information content (AvgIpc) is 2.28. The van der Waals surface area contributed by atoms with Gasteiger partial charge in [-0.1, -0.05) is 12.1 Å². The van der Waals surface area contributed by atoms with Crippen molar-refractivity contribution in [1.29, 1.82) is 0 Å². The van der Waals surface area contributed by atoms with E-state index in [2.05, 4.69) is 0 Å². The van der Waals surface area contributed by atoms with Crippen LogP contribution in [0.2, 0.25) is 0 Å². The largest absolute Gasteiger partial charge is 0.412 e. The van der Waals surface area contributed by atoms with E-state index in [9.17, 15) is 9.59 Å². The van der Waals surface area contributed by atoms with E-state index in [1.54, 1.807) is 24.3 Å². The molecular formula is C13H16N2O3. The van der Waals surface area contributed by atoms with Crippen molar-refractivity contribution in [3.63, 3.8) is 0 Å². The first kappa shape index (κ1) is 12.4. The molecular weight excluding hydrogens is 232 g/mol. The zero-order valence-corrected chi connectivity index (χ0v) is 10.9. The van der Waals surface area contributed by atoms with Crippen LogP contribution in [0.25, 0.3) is 10.9 Å². The molecule has 2 aromatic rings. The van der Waals surface area contributed by atoms with Crippen molar-refractivity contribution in [2.24, 2.45) is 0 Å². The molecule has 1 aromatic carbocycles. The Bertz CT molecular complexity index is 705. The lowest BCUT2D eigenvalue weighted by Crippen LogP contribution is -2.48. The van der Waals surface area contributed by atoms with Crippen LogP contribution in [0.1, 0.15) is 20.8 Å². The number of rotatable bonds is 1. The SMILES string of the molecule is COn1c(=O)n(C(C)(C)C)c(=O)c2ccccc21. The summed E-state index contributed by atoms with van der Waals surface area (Å²) < 4.78 is 2.35. The number of hydrogen-bond donors (Lipinski definition) is 0. The van der Waals surface area contributed by atoms with Gasteiger partial charge in [0.2, 0.25) is 0 Å². The van der Waals surface area contributed by atoms with Gasteiger partial charge in [0.15, 0.2) is 0 Å². The maximum Gasteiger partial charge on any atom is 0.364 e. The maximum absolute atomic E-state index is 12.4. The van der Waals surface area contributed by atoms with Crippen molar-refractivity contribution in [2.75, 3.05) is 7.11 Å². The predicted molar refractivity (Wildman–Crippen MR) is 70.0 cm³/mol. The summed E-state index contributed by atoms with van der Waals surface area (Å²) in [6.07, 6.45) is 0. The van der Waals surface area contributed by atoms with E-state index in [1.807, 2.05) is 20.8 Å². The standard InChI is InChI=1S/C13H16N2O3/c1-13(2,3)14-11(16)9-7-5-6-8-10(9)15(18-4)12(14)17/h5-8H,1-4H3. The van der Waals surface area contributed by atoms with Gasteiger partial charge in [0.25, 0.3) is 5.56 Å². The van der Waals surface area contributed by atoms with E-state index in [-0.39, 0.29) is 5.56 Å². The molecule has 0 saturated carbocycles. The van der Waals surface area contributed by atoms with Gasteiger partial charge in [0, 0.05) is 5.54 Å². The quantitative estimate of drug-likeness (QED) is 0.756. The van der Waals surface area contributed by atoms with Crippen molar-refractivity contribution in [2.45, 2.75) is 26.3 Å². The molecule has 0 aliphatic heterocycles. The van der Waals surface area contributed by atoms with Gasteiger partial charge in [-0.15, -0.1) is 4.73 Å². The molecule has 0 radical (unpaired) electrons. The summed E-state index contributed by atoms with van der Waals surface area (Å²) in [5.41, 5.74) is -0.876. The van der Waals surface area contributed by atoms with Gasteiger partial charge in [-0.05, 0) is 32.9 Å². The van der Waals surface area contributed by atoms with Gasteiger partial charge in [-0.25, -0.2) is 4.79 Å². The highest BCUT2D eigenvalue weighted by atomic mass is 16.7. The minimum Gasteiger partial charge on any atom is -0.412 e. The molecule has 0 unspecified atom stereocenters. The lowest BCUT2D eigenvalue weighted by molar-refractivity contribution is 0.152. The number of fused-ring (bicyclic) bond motifs is 1. The van der Waals surface area contributed by atoms with Crippen LogP contribution < -0.4 is 16.1 Å². The highest BCUT2D eigenvalue weighted by Gasteiger charge is 2.22. The second kappa shape index (κ2) is 4.01. The molecule has 18 heavy (non-hydrogen) atoms. The number of aromatic nitrogens is 2. The van der Waals surface area contributed by atoms with Crippen molar-refractivity contribution < 1.29 is 4.84 Å². The summed E-state index contributed by atoms with van der Waals surface area (Å²) in [6.45, 7) is 5.43. The molecule has 0 aliphatic carbocycles. The van der Waals surface area contributed by atoms with E-state index in [1.165, 1.54) is 11.7 Å². The molecule has 2 rings (SSSR count). The fraction of sp³-hybridized carbons (Fsp3) is 0.385. The van der Waals surface area contributed by atoms with Crippen molar-refractivity contribution in [1.82, 2.24) is 9.30 Å². The van der Waals surface area contributed by atoms with Crippen molar-refractivity contribution >= 4 is 10.9 Å². The Morgan fingerprint density at radius 2 is 1.72 bits per heavy atom. The molecule has 1 aromatic heterocycles. The lowest BCUT2D eigenvalue weighted by Gasteiger charge is -2.22. The van der Waals surface area contributed by atoms with Gasteiger partial charge in [-0.2, -0.15) is 0 Å². The first-order chi connectivity index (χ1) is 8.38. The third kappa shape index (κ3) is 1.72. The second-order valence-electron chi connectivity index (χ2n) is 5.09. The number of hydrogen-bond acceptors (Lipinski definition) is 3. The molecule has 0 fully saturated rings. The monoisotopic (exact) mass is 248 g/mol. The van der Waals surface area contributed by atoms with Crippen LogP contribution in [-0.2, 0) is 5.54 Å². The first-order valence-corrected chi connectivity index (χ1v) is 5.69. The van der Waals surface area contributed by atoms with Crippen LogP contribution >= 0.6 is 0 Å². The highest BCUT2D eigenvalue weighted by molar-refractivity contribution is 5.77. The summed E-state index contributed by atoms with van der Waals surface area (Å²) in [7, 11) is 1.41. The van der Waals surface area contributed by atoms with Crippen LogP contribution in [0.5, 0.6) is 0 Å². The smallest absolute Gasteiger partial charge is 0.364 e. The zero-order valence-electron chi connectivity index (χ0n) is 10.9. The number of para-hydroxylation sites is 1. The first-order valence-electron chi connectivity index (χ1n) is 5.69. The van der Waals surface area contributed by atoms with Crippen molar-refractivity contribution in [3.05, 3.63) is 45.1 Å². The molecule has 5 heteroatoms. The molecule has 1 heterocycles. The predicted octanol–water partition coefficient (Wildman–Crippen LogP) is 0.977. The Labute approximate surface area is 104 Å². The molecule has 5 nitrogen and oxygen atoms in total. The van der Waals surface area contributed by atoms with Gasteiger partial charge in [-0.3, -0.25) is 9.36 Å². The van der Waals surface area contributed by atoms with Crippen LogP contribution in [0.3, 0.4) is 0 Å².